The molecule has 1 unspecified atom stereocenters. The molecule has 2 aromatic rings. The van der Waals surface area contributed by atoms with Crippen molar-refractivity contribution in [3.05, 3.63) is 46.6 Å². The van der Waals surface area contributed by atoms with E-state index >= 15 is 0 Å². The van der Waals surface area contributed by atoms with E-state index in [4.69, 9.17) is 5.73 Å². The Hall–Kier alpha value is -2.14. The van der Waals surface area contributed by atoms with E-state index in [2.05, 4.69) is 51.4 Å². The monoisotopic (exact) mass is 323 g/mol. The Morgan fingerprint density at radius 2 is 2.12 bits per heavy atom. The molecule has 5 nitrogen and oxygen atoms in total. The van der Waals surface area contributed by atoms with E-state index in [1.807, 2.05) is 0 Å². The molecule has 2 aliphatic rings. The van der Waals surface area contributed by atoms with Crippen molar-refractivity contribution in [3.63, 3.8) is 0 Å². The van der Waals surface area contributed by atoms with Gasteiger partial charge in [-0.05, 0) is 43.9 Å². The first-order valence-corrected chi connectivity index (χ1v) is 8.89. The molecule has 3 N–H and O–H groups in total. The van der Waals surface area contributed by atoms with Gasteiger partial charge in [0.1, 0.15) is 5.82 Å². The van der Waals surface area contributed by atoms with Crippen LogP contribution in [0, 0.1) is 6.92 Å². The molecule has 1 atom stereocenters. The lowest BCUT2D eigenvalue weighted by Crippen LogP contribution is -2.37. The fourth-order valence-electron chi connectivity index (χ4n) is 4.09. The summed E-state index contributed by atoms with van der Waals surface area (Å²) >= 11 is 0. The Labute approximate surface area is 143 Å². The first-order chi connectivity index (χ1) is 11.7. The van der Waals surface area contributed by atoms with E-state index < -0.39 is 0 Å². The Bertz CT molecular complexity index is 743. The highest BCUT2D eigenvalue weighted by molar-refractivity contribution is 5.53. The molecule has 1 saturated heterocycles. The minimum absolute atomic E-state index is 0.394. The van der Waals surface area contributed by atoms with E-state index in [9.17, 15) is 0 Å². The smallest absolute Gasteiger partial charge is 0.222 e. The Kier molecular flexibility index (Phi) is 4.10. The molecule has 0 radical (unpaired) electrons. The van der Waals surface area contributed by atoms with Crippen LogP contribution in [0.3, 0.4) is 0 Å². The second-order valence-corrected chi connectivity index (χ2v) is 6.90. The minimum Gasteiger partial charge on any atom is -0.368 e. The molecule has 5 heteroatoms. The lowest BCUT2D eigenvalue weighted by Gasteiger charge is -2.36. The van der Waals surface area contributed by atoms with E-state index in [1.54, 1.807) is 0 Å². The largest absolute Gasteiger partial charge is 0.368 e. The van der Waals surface area contributed by atoms with Gasteiger partial charge in [-0.15, -0.1) is 0 Å². The maximum atomic E-state index is 5.98. The zero-order chi connectivity index (χ0) is 16.5. The lowest BCUT2D eigenvalue weighted by molar-refractivity contribution is 0.502. The molecule has 2 aliphatic heterocycles. The molecule has 24 heavy (non-hydrogen) atoms. The third kappa shape index (κ3) is 2.84. The van der Waals surface area contributed by atoms with Crippen molar-refractivity contribution < 1.29 is 0 Å². The number of nitrogens with zero attached hydrogens (tertiary/aromatic N) is 3. The van der Waals surface area contributed by atoms with Gasteiger partial charge in [-0.1, -0.05) is 24.3 Å². The second kappa shape index (κ2) is 6.40. The number of benzene rings is 1. The van der Waals surface area contributed by atoms with Crippen molar-refractivity contribution in [2.45, 2.75) is 38.6 Å². The van der Waals surface area contributed by atoms with Crippen molar-refractivity contribution in [3.8, 4) is 0 Å². The molecule has 126 valence electrons. The van der Waals surface area contributed by atoms with Crippen molar-refractivity contribution in [1.29, 1.82) is 0 Å². The summed E-state index contributed by atoms with van der Waals surface area (Å²) in [7, 11) is 0. The molecule has 1 aromatic carbocycles. The summed E-state index contributed by atoms with van der Waals surface area (Å²) in [5.74, 6) is 2.02. The van der Waals surface area contributed by atoms with Crippen molar-refractivity contribution in [2.24, 2.45) is 0 Å². The van der Waals surface area contributed by atoms with Crippen LogP contribution in [0.25, 0.3) is 0 Å². The van der Waals surface area contributed by atoms with E-state index in [0.29, 0.717) is 11.9 Å². The summed E-state index contributed by atoms with van der Waals surface area (Å²) in [6, 6.07) is 8.76. The summed E-state index contributed by atoms with van der Waals surface area (Å²) in [5, 5.41) is 3.38. The van der Waals surface area contributed by atoms with Crippen LogP contribution in [0.15, 0.2) is 24.3 Å². The van der Waals surface area contributed by atoms with Gasteiger partial charge in [-0.2, -0.15) is 4.98 Å². The standard InChI is InChI=1S/C19H25N5/c1-13-5-2-3-7-15(13)14-6-4-10-24(12-14)18-16-8-9-21-11-17(16)22-19(20)23-18/h2-3,5,7,14,21H,4,6,8-12H2,1H3,(H2,20,22,23). The molecule has 0 saturated carbocycles. The average Bonchev–Trinajstić information content (AvgIpc) is 2.61. The molecule has 0 amide bonds. The van der Waals surface area contributed by atoms with Crippen LogP contribution in [0.2, 0.25) is 0 Å². The van der Waals surface area contributed by atoms with E-state index in [0.717, 1.165) is 44.1 Å². The van der Waals surface area contributed by atoms with Gasteiger partial charge in [0.25, 0.3) is 0 Å². The second-order valence-electron chi connectivity index (χ2n) is 6.90. The number of aromatic nitrogens is 2. The molecule has 1 aromatic heterocycles. The van der Waals surface area contributed by atoms with Crippen molar-refractivity contribution >= 4 is 11.8 Å². The summed E-state index contributed by atoms with van der Waals surface area (Å²) in [6.07, 6.45) is 3.41. The van der Waals surface area contributed by atoms with Crippen LogP contribution in [0.4, 0.5) is 11.8 Å². The van der Waals surface area contributed by atoms with Crippen molar-refractivity contribution in [1.82, 2.24) is 15.3 Å². The average molecular weight is 323 g/mol. The third-order valence-corrected chi connectivity index (χ3v) is 5.28. The van der Waals surface area contributed by atoms with Gasteiger partial charge in [0.15, 0.2) is 0 Å². The SMILES string of the molecule is Cc1ccccc1C1CCCN(c2nc(N)nc3c2CCNC3)C1. The van der Waals surface area contributed by atoms with Crippen LogP contribution >= 0.6 is 0 Å². The van der Waals surface area contributed by atoms with Crippen LogP contribution in [-0.4, -0.2) is 29.6 Å². The third-order valence-electron chi connectivity index (χ3n) is 5.28. The molecule has 1 fully saturated rings. The molecule has 4 rings (SSSR count). The highest BCUT2D eigenvalue weighted by atomic mass is 15.2. The predicted octanol–water partition coefficient (Wildman–Crippen LogP) is 2.40. The highest BCUT2D eigenvalue weighted by Crippen LogP contribution is 2.33. The zero-order valence-electron chi connectivity index (χ0n) is 14.3. The fraction of sp³-hybridized carbons (Fsp3) is 0.474. The number of aryl methyl sites for hydroxylation is 1. The van der Waals surface area contributed by atoms with Gasteiger partial charge in [0.2, 0.25) is 5.95 Å². The first-order valence-electron chi connectivity index (χ1n) is 8.89. The number of nitrogen functional groups attached to an aromatic ring is 1. The number of nitrogens with two attached hydrogens (primary N) is 1. The normalized spacial score (nSPS) is 20.7. The number of hydrogen-bond donors (Lipinski definition) is 2. The van der Waals surface area contributed by atoms with Gasteiger partial charge in [-0.25, -0.2) is 4.98 Å². The molecule has 0 aliphatic carbocycles. The van der Waals surface area contributed by atoms with Gasteiger partial charge < -0.3 is 16.0 Å². The number of piperidine rings is 1. The van der Waals surface area contributed by atoms with Crippen LogP contribution in [0.1, 0.15) is 41.1 Å². The number of anilines is 2. The Morgan fingerprint density at radius 1 is 1.25 bits per heavy atom. The van der Waals surface area contributed by atoms with E-state index in [-0.39, 0.29) is 0 Å². The number of rotatable bonds is 2. The van der Waals surface area contributed by atoms with Crippen LogP contribution in [-0.2, 0) is 13.0 Å². The highest BCUT2D eigenvalue weighted by Gasteiger charge is 2.27. The van der Waals surface area contributed by atoms with E-state index in [1.165, 1.54) is 29.5 Å². The lowest BCUT2D eigenvalue weighted by atomic mass is 9.87. The summed E-state index contributed by atoms with van der Waals surface area (Å²) in [5.41, 5.74) is 11.2. The molecule has 0 spiro atoms. The van der Waals surface area contributed by atoms with Crippen LogP contribution in [0.5, 0.6) is 0 Å². The summed E-state index contributed by atoms with van der Waals surface area (Å²) in [4.78, 5) is 11.5. The van der Waals surface area contributed by atoms with Gasteiger partial charge in [0.05, 0.1) is 5.69 Å². The zero-order valence-corrected chi connectivity index (χ0v) is 14.3. The van der Waals surface area contributed by atoms with Crippen molar-refractivity contribution in [2.75, 3.05) is 30.3 Å². The maximum Gasteiger partial charge on any atom is 0.222 e. The number of fused-ring (bicyclic) bond motifs is 1. The maximum absolute atomic E-state index is 5.98. The molecule has 3 heterocycles. The Morgan fingerprint density at radius 3 is 3.00 bits per heavy atom. The number of hydrogen-bond acceptors (Lipinski definition) is 5. The first kappa shape index (κ1) is 15.4. The van der Waals surface area contributed by atoms with Gasteiger partial charge in [0, 0.05) is 31.1 Å². The number of nitrogens with one attached hydrogen (secondary N) is 1. The molecular formula is C19H25N5. The summed E-state index contributed by atoms with van der Waals surface area (Å²) in [6.45, 7) is 6.07. The quantitative estimate of drug-likeness (QED) is 0.888. The molecular weight excluding hydrogens is 298 g/mol. The van der Waals surface area contributed by atoms with Gasteiger partial charge >= 0.3 is 0 Å². The molecule has 0 bridgehead atoms. The topological polar surface area (TPSA) is 67.1 Å². The predicted molar refractivity (Wildman–Crippen MR) is 97.2 cm³/mol. The Balaban J connectivity index is 1.65. The summed E-state index contributed by atoms with van der Waals surface area (Å²) < 4.78 is 0. The van der Waals surface area contributed by atoms with Crippen LogP contribution < -0.4 is 16.0 Å². The minimum atomic E-state index is 0.394. The van der Waals surface area contributed by atoms with Gasteiger partial charge in [-0.3, -0.25) is 0 Å². The fourth-order valence-corrected chi connectivity index (χ4v) is 4.09.